The second kappa shape index (κ2) is 8.39. The molecule has 0 aromatic carbocycles. The molecule has 0 unspecified atom stereocenters. The van der Waals surface area contributed by atoms with Crippen molar-refractivity contribution in [1.29, 1.82) is 0 Å². The van der Waals surface area contributed by atoms with E-state index < -0.39 is 15.9 Å². The molecule has 27 heavy (non-hydrogen) atoms. The molecule has 2 heterocycles. The summed E-state index contributed by atoms with van der Waals surface area (Å²) in [6.07, 6.45) is 7.11. The lowest BCUT2D eigenvalue weighted by Crippen LogP contribution is -2.52. The van der Waals surface area contributed by atoms with Crippen molar-refractivity contribution < 1.29 is 23.1 Å². The van der Waals surface area contributed by atoms with Crippen molar-refractivity contribution in [1.82, 2.24) is 19.8 Å². The van der Waals surface area contributed by atoms with Crippen molar-refractivity contribution in [3.8, 4) is 5.88 Å². The number of ether oxygens (including phenoxy) is 1. The minimum Gasteiger partial charge on any atom is -0.476 e. The zero-order chi connectivity index (χ0) is 19.4. The first kappa shape index (κ1) is 19.8. The summed E-state index contributed by atoms with van der Waals surface area (Å²) in [5.41, 5.74) is 0. The number of carboxylic acid groups (broad SMARTS) is 1. The lowest BCUT2D eigenvalue weighted by atomic mass is 9.85. The van der Waals surface area contributed by atoms with Crippen molar-refractivity contribution in [3.63, 3.8) is 0 Å². The van der Waals surface area contributed by atoms with E-state index in [0.717, 1.165) is 45.0 Å². The molecule has 3 rings (SSSR count). The highest BCUT2D eigenvalue weighted by Crippen LogP contribution is 2.28. The van der Waals surface area contributed by atoms with Crippen molar-refractivity contribution in [2.45, 2.75) is 36.8 Å². The summed E-state index contributed by atoms with van der Waals surface area (Å²) in [5, 5.41) is 8.97. The number of nitrogens with zero attached hydrogens (tertiary/aromatic N) is 4. The van der Waals surface area contributed by atoms with Gasteiger partial charge in [-0.1, -0.05) is 0 Å². The Hall–Kier alpha value is -1.94. The average molecular weight is 398 g/mol. The molecule has 0 bridgehead atoms. The fraction of sp³-hybridized carbons (Fsp3) is 0.706. The molecule has 1 saturated heterocycles. The van der Waals surface area contributed by atoms with Gasteiger partial charge in [0.05, 0.1) is 19.0 Å². The third kappa shape index (κ3) is 5.29. The first-order chi connectivity index (χ1) is 12.8. The van der Waals surface area contributed by atoms with E-state index in [1.807, 2.05) is 0 Å². The van der Waals surface area contributed by atoms with Crippen LogP contribution in [0.1, 0.15) is 25.7 Å². The van der Waals surface area contributed by atoms with Crippen molar-refractivity contribution in [2.75, 3.05) is 39.0 Å². The van der Waals surface area contributed by atoms with Gasteiger partial charge >= 0.3 is 6.09 Å². The Bertz CT molecular complexity index is 739. The molecule has 1 saturated carbocycles. The molecule has 0 atom stereocenters. The number of rotatable bonds is 5. The van der Waals surface area contributed by atoms with Crippen LogP contribution in [-0.4, -0.2) is 84.5 Å². The maximum atomic E-state index is 11.4. The minimum atomic E-state index is -3.35. The molecule has 2 fully saturated rings. The van der Waals surface area contributed by atoms with Gasteiger partial charge < -0.3 is 14.7 Å². The molecule has 0 radical (unpaired) electrons. The van der Waals surface area contributed by atoms with Gasteiger partial charge in [-0.15, -0.1) is 0 Å². The van der Waals surface area contributed by atoms with Gasteiger partial charge in [0.1, 0.15) is 0 Å². The Kier molecular flexibility index (Phi) is 6.15. The Morgan fingerprint density at radius 2 is 1.81 bits per heavy atom. The fourth-order valence-corrected chi connectivity index (χ4v) is 4.22. The number of amides is 1. The smallest absolute Gasteiger partial charge is 0.407 e. The second-order valence-electron chi connectivity index (χ2n) is 7.26. The zero-order valence-electron chi connectivity index (χ0n) is 15.5. The van der Waals surface area contributed by atoms with E-state index in [-0.39, 0.29) is 5.03 Å². The van der Waals surface area contributed by atoms with Crippen molar-refractivity contribution >= 4 is 15.9 Å². The Morgan fingerprint density at radius 1 is 1.15 bits per heavy atom. The van der Waals surface area contributed by atoms with Crippen LogP contribution in [0.4, 0.5) is 4.79 Å². The van der Waals surface area contributed by atoms with Gasteiger partial charge in [0.2, 0.25) is 5.88 Å². The van der Waals surface area contributed by atoms with Gasteiger partial charge in [0.15, 0.2) is 14.9 Å². The van der Waals surface area contributed by atoms with E-state index in [1.54, 1.807) is 0 Å². The van der Waals surface area contributed by atoms with Crippen LogP contribution in [0.5, 0.6) is 5.88 Å². The van der Waals surface area contributed by atoms with Gasteiger partial charge in [0.25, 0.3) is 0 Å². The van der Waals surface area contributed by atoms with E-state index >= 15 is 0 Å². The molecule has 1 aliphatic heterocycles. The predicted molar refractivity (Wildman–Crippen MR) is 97.6 cm³/mol. The summed E-state index contributed by atoms with van der Waals surface area (Å²) in [6, 6.07) is 0.519. The molecule has 1 aromatic heterocycles. The summed E-state index contributed by atoms with van der Waals surface area (Å²) < 4.78 is 28.4. The Labute approximate surface area is 159 Å². The third-order valence-corrected chi connectivity index (χ3v) is 6.34. The normalized spacial score (nSPS) is 24.6. The number of aromatic nitrogens is 2. The van der Waals surface area contributed by atoms with E-state index in [4.69, 9.17) is 9.84 Å². The highest BCUT2D eigenvalue weighted by atomic mass is 32.2. The number of hydrogen-bond acceptors (Lipinski definition) is 7. The van der Waals surface area contributed by atoms with Crippen LogP contribution in [0.2, 0.25) is 0 Å². The third-order valence-electron chi connectivity index (χ3n) is 5.37. The zero-order valence-corrected chi connectivity index (χ0v) is 16.3. The highest BCUT2D eigenvalue weighted by molar-refractivity contribution is 7.90. The maximum absolute atomic E-state index is 11.4. The standard InChI is InChI=1S/C17H26N4O5S/c1-27(24,25)16-11-18-15(10-19-16)26-12-13-2-4-14(5-3-13)20-6-8-21(9-7-20)17(22)23/h10-11,13-14H,2-9,12H2,1H3,(H,22,23)/t13-,14-. The SMILES string of the molecule is CS(=O)(=O)c1cnc(OC[C@H]2CC[C@H](N3CCN(C(=O)O)CC3)CC2)cn1. The van der Waals surface area contributed by atoms with Crippen LogP contribution in [0.3, 0.4) is 0 Å². The summed E-state index contributed by atoms with van der Waals surface area (Å²) in [6.45, 7) is 3.33. The van der Waals surface area contributed by atoms with E-state index in [9.17, 15) is 13.2 Å². The van der Waals surface area contributed by atoms with Crippen LogP contribution >= 0.6 is 0 Å². The number of sulfone groups is 1. The molecule has 1 N–H and O–H groups in total. The minimum absolute atomic E-state index is 0.0571. The molecule has 1 aromatic rings. The molecule has 1 amide bonds. The quantitative estimate of drug-likeness (QED) is 0.785. The molecule has 10 heteroatoms. The van der Waals surface area contributed by atoms with Crippen LogP contribution in [-0.2, 0) is 9.84 Å². The molecule has 0 spiro atoms. The first-order valence-electron chi connectivity index (χ1n) is 9.20. The number of piperazine rings is 1. The Morgan fingerprint density at radius 3 is 2.33 bits per heavy atom. The van der Waals surface area contributed by atoms with Crippen LogP contribution in [0, 0.1) is 5.92 Å². The second-order valence-corrected chi connectivity index (χ2v) is 9.22. The lowest BCUT2D eigenvalue weighted by molar-refractivity contribution is 0.0616. The fourth-order valence-electron chi connectivity index (χ4n) is 3.73. The van der Waals surface area contributed by atoms with Gasteiger partial charge in [-0.3, -0.25) is 4.90 Å². The largest absolute Gasteiger partial charge is 0.476 e. The lowest BCUT2D eigenvalue weighted by Gasteiger charge is -2.41. The molecule has 1 aliphatic carbocycles. The monoisotopic (exact) mass is 398 g/mol. The van der Waals surface area contributed by atoms with Gasteiger partial charge in [-0.05, 0) is 31.6 Å². The van der Waals surface area contributed by atoms with Crippen LogP contribution in [0.15, 0.2) is 17.4 Å². The van der Waals surface area contributed by atoms with E-state index in [1.165, 1.54) is 17.3 Å². The molecule has 150 valence electrons. The molecule has 9 nitrogen and oxygen atoms in total. The van der Waals surface area contributed by atoms with Crippen LogP contribution < -0.4 is 4.74 Å². The topological polar surface area (TPSA) is 113 Å². The van der Waals surface area contributed by atoms with Crippen molar-refractivity contribution in [2.24, 2.45) is 5.92 Å². The van der Waals surface area contributed by atoms with Gasteiger partial charge in [0, 0.05) is 38.5 Å². The highest BCUT2D eigenvalue weighted by Gasteiger charge is 2.29. The van der Waals surface area contributed by atoms with Gasteiger partial charge in [-0.25, -0.2) is 23.2 Å². The molecule has 2 aliphatic rings. The summed E-state index contributed by atoms with van der Waals surface area (Å²) >= 11 is 0. The maximum Gasteiger partial charge on any atom is 0.407 e. The predicted octanol–water partition coefficient (Wildman–Crippen LogP) is 1.11. The Balaban J connectivity index is 1.40. The van der Waals surface area contributed by atoms with E-state index in [0.29, 0.717) is 37.5 Å². The average Bonchev–Trinajstić information content (AvgIpc) is 2.66. The first-order valence-corrected chi connectivity index (χ1v) is 11.1. The number of hydrogen-bond donors (Lipinski definition) is 1. The van der Waals surface area contributed by atoms with Crippen LogP contribution in [0.25, 0.3) is 0 Å². The summed E-state index contributed by atoms with van der Waals surface area (Å²) in [4.78, 5) is 22.8. The number of carbonyl (C=O) groups is 1. The molecular formula is C17H26N4O5S. The summed E-state index contributed by atoms with van der Waals surface area (Å²) in [7, 11) is -3.35. The molecular weight excluding hydrogens is 372 g/mol. The van der Waals surface area contributed by atoms with E-state index in [2.05, 4.69) is 14.9 Å². The van der Waals surface area contributed by atoms with Gasteiger partial charge in [-0.2, -0.15) is 0 Å². The summed E-state index contributed by atoms with van der Waals surface area (Å²) in [5.74, 6) is 0.784. The van der Waals surface area contributed by atoms with Crippen molar-refractivity contribution in [3.05, 3.63) is 12.4 Å².